The monoisotopic (exact) mass is 192 g/mol. The highest BCUT2D eigenvalue weighted by molar-refractivity contribution is 5.57. The van der Waals surface area contributed by atoms with Gasteiger partial charge in [0.1, 0.15) is 12.4 Å². The summed E-state index contributed by atoms with van der Waals surface area (Å²) in [4.78, 5) is 4.12. The van der Waals surface area contributed by atoms with Crippen LogP contribution in [0.4, 0.5) is 4.39 Å². The number of hydrogen-bond donors (Lipinski definition) is 0. The van der Waals surface area contributed by atoms with Crippen molar-refractivity contribution in [1.29, 1.82) is 0 Å². The zero-order chi connectivity index (χ0) is 9.97. The summed E-state index contributed by atoms with van der Waals surface area (Å²) in [5.74, 6) is 0.237. The zero-order valence-corrected chi connectivity index (χ0v) is 7.70. The summed E-state index contributed by atoms with van der Waals surface area (Å²) in [6, 6.07) is 5.33. The van der Waals surface area contributed by atoms with Crippen molar-refractivity contribution in [2.24, 2.45) is 0 Å². The minimum Gasteiger partial charge on any atom is -0.358 e. The minimum absolute atomic E-state index is 0.237. The second-order valence-electron chi connectivity index (χ2n) is 3.00. The molecule has 2 aromatic rings. The van der Waals surface area contributed by atoms with Gasteiger partial charge >= 0.3 is 0 Å². The Morgan fingerprint density at radius 2 is 2.29 bits per heavy atom. The quantitative estimate of drug-likeness (QED) is 0.733. The van der Waals surface area contributed by atoms with E-state index in [9.17, 15) is 4.39 Å². The van der Waals surface area contributed by atoms with Crippen molar-refractivity contribution >= 4 is 0 Å². The molecule has 0 aliphatic rings. The summed E-state index contributed by atoms with van der Waals surface area (Å²) in [7, 11) is 0. The molecule has 0 aliphatic carbocycles. The van der Waals surface area contributed by atoms with Gasteiger partial charge in [-0.1, -0.05) is 5.16 Å². The van der Waals surface area contributed by atoms with Gasteiger partial charge in [-0.3, -0.25) is 4.98 Å². The van der Waals surface area contributed by atoms with Gasteiger partial charge in [0.15, 0.2) is 5.76 Å². The van der Waals surface area contributed by atoms with Crippen LogP contribution in [0.2, 0.25) is 0 Å². The molecule has 0 unspecified atom stereocenters. The number of aromatic nitrogens is 2. The summed E-state index contributed by atoms with van der Waals surface area (Å²) < 4.78 is 16.9. The van der Waals surface area contributed by atoms with Crippen LogP contribution in [-0.4, -0.2) is 10.1 Å². The molecule has 0 radical (unpaired) electrons. The number of alkyl halides is 1. The van der Waals surface area contributed by atoms with E-state index in [1.807, 2.05) is 19.1 Å². The molecule has 0 atom stereocenters. The average Bonchev–Trinajstić information content (AvgIpc) is 2.67. The Morgan fingerprint density at radius 1 is 1.43 bits per heavy atom. The molecule has 0 fully saturated rings. The molecule has 0 N–H and O–H groups in total. The van der Waals surface area contributed by atoms with E-state index in [-0.39, 0.29) is 5.76 Å². The third-order valence-electron chi connectivity index (χ3n) is 1.90. The molecule has 72 valence electrons. The van der Waals surface area contributed by atoms with Crippen LogP contribution in [-0.2, 0) is 6.67 Å². The molecule has 0 saturated carbocycles. The van der Waals surface area contributed by atoms with Gasteiger partial charge in [0.2, 0.25) is 0 Å². The van der Waals surface area contributed by atoms with Crippen LogP contribution >= 0.6 is 0 Å². The van der Waals surface area contributed by atoms with Crippen molar-refractivity contribution in [3.63, 3.8) is 0 Å². The van der Waals surface area contributed by atoms with Crippen LogP contribution in [0.15, 0.2) is 28.9 Å². The molecule has 0 saturated heterocycles. The van der Waals surface area contributed by atoms with E-state index in [4.69, 9.17) is 4.52 Å². The van der Waals surface area contributed by atoms with Crippen LogP contribution in [0.25, 0.3) is 11.3 Å². The lowest BCUT2D eigenvalue weighted by Gasteiger charge is -1.94. The molecule has 0 aromatic carbocycles. The van der Waals surface area contributed by atoms with Crippen LogP contribution in [0.1, 0.15) is 11.5 Å². The van der Waals surface area contributed by atoms with Gasteiger partial charge < -0.3 is 4.52 Å². The highest BCUT2D eigenvalue weighted by atomic mass is 19.1. The van der Waals surface area contributed by atoms with Crippen LogP contribution in [0.5, 0.6) is 0 Å². The number of pyridine rings is 1. The lowest BCUT2D eigenvalue weighted by Crippen LogP contribution is -1.82. The number of rotatable bonds is 2. The molecule has 0 spiro atoms. The molecule has 4 heteroatoms. The summed E-state index contributed by atoms with van der Waals surface area (Å²) in [5, 5.41) is 3.73. The predicted molar refractivity (Wildman–Crippen MR) is 49.3 cm³/mol. The Hall–Kier alpha value is -1.71. The highest BCUT2D eigenvalue weighted by Gasteiger charge is 2.05. The van der Waals surface area contributed by atoms with E-state index < -0.39 is 6.67 Å². The maximum atomic E-state index is 12.2. The van der Waals surface area contributed by atoms with Crippen molar-refractivity contribution < 1.29 is 8.91 Å². The van der Waals surface area contributed by atoms with Crippen LogP contribution in [0.3, 0.4) is 0 Å². The molecule has 14 heavy (non-hydrogen) atoms. The Balaban J connectivity index is 2.34. The van der Waals surface area contributed by atoms with E-state index in [0.717, 1.165) is 11.3 Å². The molecule has 3 nitrogen and oxygen atoms in total. The predicted octanol–water partition coefficient (Wildman–Crippen LogP) is 2.51. The molecular formula is C10H9FN2O. The second kappa shape index (κ2) is 3.57. The summed E-state index contributed by atoms with van der Waals surface area (Å²) in [6.45, 7) is 1.27. The Bertz CT molecular complexity index is 422. The molecule has 2 aromatic heterocycles. The fraction of sp³-hybridized carbons (Fsp3) is 0.200. The van der Waals surface area contributed by atoms with Crippen molar-refractivity contribution in [3.05, 3.63) is 35.9 Å². The van der Waals surface area contributed by atoms with E-state index >= 15 is 0 Å². The van der Waals surface area contributed by atoms with Crippen molar-refractivity contribution in [2.45, 2.75) is 13.6 Å². The summed E-state index contributed by atoms with van der Waals surface area (Å²) >= 11 is 0. The van der Waals surface area contributed by atoms with Crippen LogP contribution in [0, 0.1) is 6.92 Å². The Labute approximate surface area is 80.6 Å². The van der Waals surface area contributed by atoms with E-state index in [1.54, 1.807) is 12.3 Å². The molecular weight excluding hydrogens is 183 g/mol. The Kier molecular flexibility index (Phi) is 2.26. The number of hydrogen-bond acceptors (Lipinski definition) is 3. The smallest absolute Gasteiger partial charge is 0.168 e. The summed E-state index contributed by atoms with van der Waals surface area (Å²) in [6.07, 6.45) is 1.69. The third kappa shape index (κ3) is 1.64. The molecule has 0 aliphatic heterocycles. The first-order valence-electron chi connectivity index (χ1n) is 4.24. The van der Waals surface area contributed by atoms with Gasteiger partial charge in [0.25, 0.3) is 0 Å². The highest BCUT2D eigenvalue weighted by Crippen LogP contribution is 2.18. The molecule has 0 bridgehead atoms. The largest absolute Gasteiger partial charge is 0.358 e. The third-order valence-corrected chi connectivity index (χ3v) is 1.90. The first kappa shape index (κ1) is 8.87. The molecule has 2 rings (SSSR count). The fourth-order valence-electron chi connectivity index (χ4n) is 1.13. The van der Waals surface area contributed by atoms with Crippen LogP contribution < -0.4 is 0 Å². The van der Waals surface area contributed by atoms with E-state index in [2.05, 4.69) is 10.1 Å². The first-order valence-corrected chi connectivity index (χ1v) is 4.24. The van der Waals surface area contributed by atoms with E-state index in [1.165, 1.54) is 0 Å². The van der Waals surface area contributed by atoms with Crippen molar-refractivity contribution in [2.75, 3.05) is 0 Å². The molecule has 0 amide bonds. The number of halogens is 1. The van der Waals surface area contributed by atoms with Gasteiger partial charge in [-0.2, -0.15) is 0 Å². The van der Waals surface area contributed by atoms with Gasteiger partial charge in [0.05, 0.1) is 0 Å². The SMILES string of the molecule is Cc1ccc(-c2cc(CF)on2)cn1. The standard InChI is InChI=1S/C10H9FN2O/c1-7-2-3-8(6-12-7)10-4-9(5-11)14-13-10/h2-4,6H,5H2,1H3. The Morgan fingerprint density at radius 3 is 2.86 bits per heavy atom. The summed E-state index contributed by atoms with van der Waals surface area (Å²) in [5.41, 5.74) is 2.38. The zero-order valence-electron chi connectivity index (χ0n) is 7.70. The maximum absolute atomic E-state index is 12.2. The first-order chi connectivity index (χ1) is 6.79. The lowest BCUT2D eigenvalue weighted by molar-refractivity contribution is 0.331. The van der Waals surface area contributed by atoms with Gasteiger partial charge in [-0.25, -0.2) is 4.39 Å². The van der Waals surface area contributed by atoms with E-state index in [0.29, 0.717) is 5.69 Å². The number of nitrogens with zero attached hydrogens (tertiary/aromatic N) is 2. The van der Waals surface area contributed by atoms with Gasteiger partial charge in [-0.15, -0.1) is 0 Å². The van der Waals surface area contributed by atoms with Crippen molar-refractivity contribution in [1.82, 2.24) is 10.1 Å². The van der Waals surface area contributed by atoms with Crippen molar-refractivity contribution in [3.8, 4) is 11.3 Å². The second-order valence-corrected chi connectivity index (χ2v) is 3.00. The van der Waals surface area contributed by atoms with Gasteiger partial charge in [-0.05, 0) is 19.1 Å². The number of aryl methyl sites for hydroxylation is 1. The maximum Gasteiger partial charge on any atom is 0.168 e. The average molecular weight is 192 g/mol. The minimum atomic E-state index is -0.633. The lowest BCUT2D eigenvalue weighted by atomic mass is 10.2. The molecule has 2 heterocycles. The fourth-order valence-corrected chi connectivity index (χ4v) is 1.13. The van der Waals surface area contributed by atoms with Gasteiger partial charge in [0, 0.05) is 23.5 Å². The topological polar surface area (TPSA) is 38.9 Å². The normalized spacial score (nSPS) is 10.4.